The summed E-state index contributed by atoms with van der Waals surface area (Å²) in [6.45, 7) is 4.04. The molecule has 0 aromatic heterocycles. The quantitative estimate of drug-likeness (QED) is 0.0748. The molecule has 0 spiro atoms. The van der Waals surface area contributed by atoms with Crippen LogP contribution in [0.2, 0.25) is 0 Å². The summed E-state index contributed by atoms with van der Waals surface area (Å²) in [7, 11) is 0. The summed E-state index contributed by atoms with van der Waals surface area (Å²) in [4.78, 5) is 66.8. The van der Waals surface area contributed by atoms with Crippen molar-refractivity contribution in [2.45, 2.75) is 76.5 Å². The van der Waals surface area contributed by atoms with Gasteiger partial charge < -0.3 is 43.6 Å². The number of amides is 4. The molecule has 1 aliphatic heterocycles. The van der Waals surface area contributed by atoms with Crippen LogP contribution in [0.15, 0.2) is 4.99 Å². The van der Waals surface area contributed by atoms with E-state index in [4.69, 9.17) is 22.9 Å². The number of nitrogens with one attached hydrogen (secondary N) is 2. The molecule has 0 bridgehead atoms. The van der Waals surface area contributed by atoms with Crippen molar-refractivity contribution in [1.29, 1.82) is 0 Å². The minimum Gasteiger partial charge on any atom is -0.480 e. The zero-order valence-electron chi connectivity index (χ0n) is 20.2. The van der Waals surface area contributed by atoms with Gasteiger partial charge in [-0.05, 0) is 31.6 Å². The minimum absolute atomic E-state index is 0.112. The second-order valence-electron chi connectivity index (χ2n) is 8.68. The molecule has 14 heteroatoms. The Balaban J connectivity index is 3.05. The molecular formula is C21H38N8O6. The molecule has 11 N–H and O–H groups in total. The molecule has 1 heterocycles. The summed E-state index contributed by atoms with van der Waals surface area (Å²) in [5, 5.41) is 14.4. The summed E-state index contributed by atoms with van der Waals surface area (Å²) in [5.41, 5.74) is 21.9. The number of aliphatic carboxylic acids is 1. The molecule has 5 atom stereocenters. The lowest BCUT2D eigenvalue weighted by Gasteiger charge is -2.28. The highest BCUT2D eigenvalue weighted by atomic mass is 16.4. The number of carbonyl (C=O) groups is 5. The monoisotopic (exact) mass is 498 g/mol. The predicted octanol–water partition coefficient (Wildman–Crippen LogP) is -2.67. The molecule has 1 aliphatic rings. The number of rotatable bonds is 14. The smallest absolute Gasteiger partial charge is 0.326 e. The van der Waals surface area contributed by atoms with Gasteiger partial charge in [0.2, 0.25) is 23.6 Å². The molecule has 0 aliphatic carbocycles. The lowest BCUT2D eigenvalue weighted by atomic mass is 9.98. The summed E-state index contributed by atoms with van der Waals surface area (Å²) in [6.07, 6.45) is 1.27. The van der Waals surface area contributed by atoms with Crippen LogP contribution in [0.5, 0.6) is 0 Å². The fourth-order valence-corrected chi connectivity index (χ4v) is 3.71. The number of hydrogen-bond acceptors (Lipinski definition) is 7. The van der Waals surface area contributed by atoms with E-state index < -0.39 is 60.2 Å². The molecule has 35 heavy (non-hydrogen) atoms. The molecule has 1 fully saturated rings. The Hall–Kier alpha value is -3.42. The third-order valence-electron chi connectivity index (χ3n) is 5.98. The molecular weight excluding hydrogens is 460 g/mol. The zero-order chi connectivity index (χ0) is 26.7. The predicted molar refractivity (Wildman–Crippen MR) is 127 cm³/mol. The van der Waals surface area contributed by atoms with Crippen LogP contribution in [-0.4, -0.2) is 82.8 Å². The number of aliphatic imine (C=N–C) groups is 1. The Labute approximate surface area is 204 Å². The topological polar surface area (TPSA) is 249 Å². The maximum Gasteiger partial charge on any atom is 0.326 e. The highest BCUT2D eigenvalue weighted by Gasteiger charge is 2.39. The summed E-state index contributed by atoms with van der Waals surface area (Å²) in [6, 6.07) is -4.42. The van der Waals surface area contributed by atoms with Gasteiger partial charge in [-0.15, -0.1) is 0 Å². The maximum absolute atomic E-state index is 13.1. The number of carboxylic acids is 1. The van der Waals surface area contributed by atoms with Gasteiger partial charge in [0.05, 0.1) is 12.5 Å². The number of guanidine groups is 1. The summed E-state index contributed by atoms with van der Waals surface area (Å²) in [5.74, 6) is -4.34. The molecule has 0 aromatic carbocycles. The van der Waals surface area contributed by atoms with Crippen LogP contribution in [0.25, 0.3) is 0 Å². The molecule has 198 valence electrons. The number of nitrogens with zero attached hydrogens (tertiary/aromatic N) is 2. The van der Waals surface area contributed by atoms with Crippen molar-refractivity contribution in [3.05, 3.63) is 0 Å². The van der Waals surface area contributed by atoms with Crippen LogP contribution in [0.4, 0.5) is 0 Å². The number of nitrogens with two attached hydrogens (primary N) is 4. The molecule has 0 saturated carbocycles. The summed E-state index contributed by atoms with van der Waals surface area (Å²) >= 11 is 0. The van der Waals surface area contributed by atoms with Crippen molar-refractivity contribution in [3.63, 3.8) is 0 Å². The van der Waals surface area contributed by atoms with Gasteiger partial charge in [-0.2, -0.15) is 0 Å². The molecule has 14 nitrogen and oxygen atoms in total. The van der Waals surface area contributed by atoms with E-state index in [1.54, 1.807) is 6.92 Å². The number of carboxylic acid groups (broad SMARTS) is 1. The first kappa shape index (κ1) is 29.6. The Morgan fingerprint density at radius 1 is 1.09 bits per heavy atom. The molecule has 4 amide bonds. The van der Waals surface area contributed by atoms with Crippen molar-refractivity contribution in [3.8, 4) is 0 Å². The molecule has 1 saturated heterocycles. The average Bonchev–Trinajstić information content (AvgIpc) is 3.28. The van der Waals surface area contributed by atoms with Gasteiger partial charge in [-0.3, -0.25) is 24.2 Å². The first-order valence-electron chi connectivity index (χ1n) is 11.6. The number of likely N-dealkylation sites (tertiary alicyclic amines) is 1. The minimum atomic E-state index is -1.39. The Kier molecular flexibility index (Phi) is 11.9. The largest absolute Gasteiger partial charge is 0.480 e. The fraction of sp³-hybridized carbons (Fsp3) is 0.714. The van der Waals surface area contributed by atoms with Crippen LogP contribution in [0, 0.1) is 5.92 Å². The van der Waals surface area contributed by atoms with Gasteiger partial charge in [0.15, 0.2) is 5.96 Å². The Bertz CT molecular complexity index is 816. The summed E-state index contributed by atoms with van der Waals surface area (Å²) < 4.78 is 0. The molecule has 0 aromatic rings. The zero-order valence-corrected chi connectivity index (χ0v) is 20.2. The van der Waals surface area contributed by atoms with Crippen LogP contribution in [-0.2, 0) is 24.0 Å². The first-order chi connectivity index (χ1) is 16.4. The van der Waals surface area contributed by atoms with Crippen molar-refractivity contribution in [2.75, 3.05) is 13.1 Å². The number of carbonyl (C=O) groups excluding carboxylic acids is 4. The van der Waals surface area contributed by atoms with Gasteiger partial charge >= 0.3 is 5.97 Å². The van der Waals surface area contributed by atoms with Crippen LogP contribution in [0.3, 0.4) is 0 Å². The van der Waals surface area contributed by atoms with Gasteiger partial charge in [-0.25, -0.2) is 4.79 Å². The molecule has 0 radical (unpaired) electrons. The lowest BCUT2D eigenvalue weighted by molar-refractivity contribution is -0.149. The van der Waals surface area contributed by atoms with Gasteiger partial charge in [-0.1, -0.05) is 20.3 Å². The Morgan fingerprint density at radius 3 is 2.26 bits per heavy atom. The average molecular weight is 499 g/mol. The van der Waals surface area contributed by atoms with Gasteiger partial charge in [0.1, 0.15) is 18.1 Å². The highest BCUT2D eigenvalue weighted by Crippen LogP contribution is 2.19. The van der Waals surface area contributed by atoms with Crippen LogP contribution >= 0.6 is 0 Å². The third kappa shape index (κ3) is 9.39. The Morgan fingerprint density at radius 2 is 1.71 bits per heavy atom. The second-order valence-corrected chi connectivity index (χ2v) is 8.68. The molecule has 5 unspecified atom stereocenters. The number of hydrogen-bond donors (Lipinski definition) is 7. The second kappa shape index (κ2) is 14.1. The first-order valence-corrected chi connectivity index (χ1v) is 11.6. The van der Waals surface area contributed by atoms with E-state index in [0.29, 0.717) is 19.3 Å². The maximum atomic E-state index is 13.1. The highest BCUT2D eigenvalue weighted by molar-refractivity contribution is 5.96. The van der Waals surface area contributed by atoms with E-state index in [-0.39, 0.29) is 37.8 Å². The van der Waals surface area contributed by atoms with Gasteiger partial charge in [0, 0.05) is 13.1 Å². The lowest BCUT2D eigenvalue weighted by Crippen LogP contribution is -2.58. The van der Waals surface area contributed by atoms with E-state index in [0.717, 1.165) is 4.90 Å². The third-order valence-corrected chi connectivity index (χ3v) is 5.98. The van der Waals surface area contributed by atoms with Crippen molar-refractivity contribution >= 4 is 35.6 Å². The number of primary amides is 1. The SMILES string of the molecule is CCC(C)C(N)C(=O)NC(CCCN=C(N)N)C(=O)NC(CC(N)=O)C(=O)N1CCCC1C(=O)O. The van der Waals surface area contributed by atoms with Crippen molar-refractivity contribution < 1.29 is 29.1 Å². The van der Waals surface area contributed by atoms with Crippen LogP contribution in [0.1, 0.15) is 52.4 Å². The van der Waals surface area contributed by atoms with E-state index >= 15 is 0 Å². The van der Waals surface area contributed by atoms with Crippen molar-refractivity contribution in [1.82, 2.24) is 15.5 Å². The standard InChI is InChI=1S/C21H38N8O6/c1-3-11(2)16(23)18(32)27-12(6-4-8-26-21(24)25)17(31)28-13(10-15(22)30)19(33)29-9-5-7-14(29)20(34)35/h11-14,16H,3-10,23H2,1-2H3,(H2,22,30)(H,27,32)(H,28,31)(H,34,35)(H4,24,25,26). The van der Waals surface area contributed by atoms with Gasteiger partial charge in [0.25, 0.3) is 0 Å². The van der Waals surface area contributed by atoms with E-state index in [2.05, 4.69) is 15.6 Å². The van der Waals surface area contributed by atoms with E-state index in [9.17, 15) is 29.1 Å². The van der Waals surface area contributed by atoms with E-state index in [1.165, 1.54) is 0 Å². The molecule has 1 rings (SSSR count). The fourth-order valence-electron chi connectivity index (χ4n) is 3.71. The van der Waals surface area contributed by atoms with Crippen molar-refractivity contribution in [2.24, 2.45) is 33.8 Å². The van der Waals surface area contributed by atoms with E-state index in [1.807, 2.05) is 6.92 Å². The van der Waals surface area contributed by atoms with Crippen LogP contribution < -0.4 is 33.6 Å². The normalized spacial score (nSPS) is 18.6.